The number of anilines is 2. The first-order valence-electron chi connectivity index (χ1n) is 7.94. The number of hydrogen-bond donors (Lipinski definition) is 1. The highest BCUT2D eigenvalue weighted by Gasteiger charge is 2.14. The van der Waals surface area contributed by atoms with Crippen molar-refractivity contribution in [3.63, 3.8) is 0 Å². The number of para-hydroxylation sites is 1. The molecule has 0 saturated heterocycles. The maximum atomic E-state index is 13.9. The van der Waals surface area contributed by atoms with Gasteiger partial charge >= 0.3 is 0 Å². The van der Waals surface area contributed by atoms with Gasteiger partial charge in [-0.3, -0.25) is 4.79 Å². The second-order valence-electron chi connectivity index (χ2n) is 5.98. The van der Waals surface area contributed by atoms with Crippen LogP contribution in [-0.4, -0.2) is 29.5 Å². The van der Waals surface area contributed by atoms with Gasteiger partial charge < -0.3 is 10.2 Å². The lowest BCUT2D eigenvalue weighted by molar-refractivity contribution is -0.114. The standard InChI is InChI=1S/C19H19FN4O/c1-12-6-4-9-16(13(12)2)23-17(25)10-24(3)19-14-7-5-8-15(20)18(14)21-11-22-19/h4-9,11H,10H2,1-3H3,(H,23,25). The van der Waals surface area contributed by atoms with E-state index in [2.05, 4.69) is 15.3 Å². The zero-order chi connectivity index (χ0) is 18.0. The fourth-order valence-corrected chi connectivity index (χ4v) is 2.71. The summed E-state index contributed by atoms with van der Waals surface area (Å²) >= 11 is 0. The molecule has 1 amide bonds. The number of carbonyl (C=O) groups excluding carboxylic acids is 1. The van der Waals surface area contributed by atoms with Crippen LogP contribution in [0.1, 0.15) is 11.1 Å². The summed E-state index contributed by atoms with van der Waals surface area (Å²) in [6.45, 7) is 4.06. The van der Waals surface area contributed by atoms with Crippen molar-refractivity contribution in [1.29, 1.82) is 0 Å². The van der Waals surface area contributed by atoms with Crippen molar-refractivity contribution in [3.05, 3.63) is 59.7 Å². The van der Waals surface area contributed by atoms with Crippen molar-refractivity contribution in [3.8, 4) is 0 Å². The van der Waals surface area contributed by atoms with Crippen LogP contribution in [0.5, 0.6) is 0 Å². The Bertz CT molecular complexity index is 942. The lowest BCUT2D eigenvalue weighted by atomic mass is 10.1. The molecule has 1 heterocycles. The maximum Gasteiger partial charge on any atom is 0.243 e. The molecular weight excluding hydrogens is 319 g/mol. The first-order chi connectivity index (χ1) is 12.0. The Morgan fingerprint density at radius 2 is 1.92 bits per heavy atom. The third kappa shape index (κ3) is 3.42. The van der Waals surface area contributed by atoms with E-state index in [-0.39, 0.29) is 18.0 Å². The van der Waals surface area contributed by atoms with E-state index >= 15 is 0 Å². The van der Waals surface area contributed by atoms with Gasteiger partial charge in [0.05, 0.1) is 6.54 Å². The highest BCUT2D eigenvalue weighted by Crippen LogP contribution is 2.24. The number of nitrogens with one attached hydrogen (secondary N) is 1. The molecule has 5 nitrogen and oxygen atoms in total. The van der Waals surface area contributed by atoms with Gasteiger partial charge in [0.1, 0.15) is 23.5 Å². The smallest absolute Gasteiger partial charge is 0.243 e. The van der Waals surface area contributed by atoms with Crippen LogP contribution in [0.25, 0.3) is 10.9 Å². The van der Waals surface area contributed by atoms with E-state index in [1.807, 2.05) is 32.0 Å². The van der Waals surface area contributed by atoms with Crippen molar-refractivity contribution in [2.45, 2.75) is 13.8 Å². The van der Waals surface area contributed by atoms with Crippen LogP contribution in [0.3, 0.4) is 0 Å². The third-order valence-corrected chi connectivity index (χ3v) is 4.22. The predicted octanol–water partition coefficient (Wildman–Crippen LogP) is 3.46. The fourth-order valence-electron chi connectivity index (χ4n) is 2.71. The number of fused-ring (bicyclic) bond motifs is 1. The highest BCUT2D eigenvalue weighted by molar-refractivity contribution is 5.97. The first kappa shape index (κ1) is 16.8. The number of amides is 1. The van der Waals surface area contributed by atoms with Crippen molar-refractivity contribution in [2.75, 3.05) is 23.8 Å². The number of likely N-dealkylation sites (N-methyl/N-ethyl adjacent to an activating group) is 1. The molecule has 0 saturated carbocycles. The Labute approximate surface area is 145 Å². The number of rotatable bonds is 4. The van der Waals surface area contributed by atoms with Gasteiger partial charge in [-0.05, 0) is 43.2 Å². The summed E-state index contributed by atoms with van der Waals surface area (Å²) in [5.74, 6) is -0.0608. The van der Waals surface area contributed by atoms with Gasteiger partial charge in [0.2, 0.25) is 5.91 Å². The Morgan fingerprint density at radius 1 is 1.16 bits per heavy atom. The average Bonchev–Trinajstić information content (AvgIpc) is 2.59. The topological polar surface area (TPSA) is 58.1 Å². The monoisotopic (exact) mass is 338 g/mol. The number of benzene rings is 2. The van der Waals surface area contributed by atoms with E-state index in [0.717, 1.165) is 16.8 Å². The van der Waals surface area contributed by atoms with Gasteiger partial charge in [0, 0.05) is 18.1 Å². The minimum Gasteiger partial charge on any atom is -0.350 e. The molecule has 3 aromatic rings. The van der Waals surface area contributed by atoms with Crippen LogP contribution < -0.4 is 10.2 Å². The lowest BCUT2D eigenvalue weighted by Gasteiger charge is -2.19. The molecule has 0 unspecified atom stereocenters. The SMILES string of the molecule is Cc1cccc(NC(=O)CN(C)c2ncnc3c(F)cccc23)c1C. The molecule has 25 heavy (non-hydrogen) atoms. The number of hydrogen-bond acceptors (Lipinski definition) is 4. The molecule has 0 fully saturated rings. The Hall–Kier alpha value is -3.02. The average molecular weight is 338 g/mol. The van der Waals surface area contributed by atoms with Gasteiger partial charge in [-0.15, -0.1) is 0 Å². The molecule has 1 N–H and O–H groups in total. The van der Waals surface area contributed by atoms with Gasteiger partial charge in [-0.1, -0.05) is 18.2 Å². The molecule has 0 radical (unpaired) electrons. The summed E-state index contributed by atoms with van der Waals surface area (Å²) in [5, 5.41) is 3.49. The Morgan fingerprint density at radius 3 is 2.72 bits per heavy atom. The summed E-state index contributed by atoms with van der Waals surface area (Å²) < 4.78 is 13.9. The first-order valence-corrected chi connectivity index (χ1v) is 7.94. The summed E-state index contributed by atoms with van der Waals surface area (Å²) in [6.07, 6.45) is 1.31. The molecule has 2 aromatic carbocycles. The highest BCUT2D eigenvalue weighted by atomic mass is 19.1. The van der Waals surface area contributed by atoms with Crippen LogP contribution in [-0.2, 0) is 4.79 Å². The molecule has 6 heteroatoms. The van der Waals surface area contributed by atoms with E-state index in [1.165, 1.54) is 12.4 Å². The van der Waals surface area contributed by atoms with Crippen molar-refractivity contribution in [2.24, 2.45) is 0 Å². The molecule has 3 rings (SSSR count). The molecule has 0 aliphatic carbocycles. The molecule has 0 atom stereocenters. The van der Waals surface area contributed by atoms with Crippen molar-refractivity contribution >= 4 is 28.3 Å². The van der Waals surface area contributed by atoms with E-state index < -0.39 is 5.82 Å². The molecule has 0 bridgehead atoms. The predicted molar refractivity (Wildman–Crippen MR) is 97.3 cm³/mol. The normalized spacial score (nSPS) is 10.7. The minimum atomic E-state index is -0.408. The largest absolute Gasteiger partial charge is 0.350 e. The van der Waals surface area contributed by atoms with Crippen LogP contribution in [0, 0.1) is 19.7 Å². The van der Waals surface area contributed by atoms with Crippen LogP contribution in [0.2, 0.25) is 0 Å². The van der Waals surface area contributed by atoms with Crippen LogP contribution in [0.4, 0.5) is 15.9 Å². The molecule has 0 aliphatic heterocycles. The molecular formula is C19H19FN4O. The molecule has 1 aromatic heterocycles. The molecule has 128 valence electrons. The van der Waals surface area contributed by atoms with Gasteiger partial charge in [-0.25, -0.2) is 14.4 Å². The molecule has 0 aliphatic rings. The zero-order valence-electron chi connectivity index (χ0n) is 14.4. The second-order valence-corrected chi connectivity index (χ2v) is 5.98. The molecule has 0 spiro atoms. The Balaban J connectivity index is 1.80. The zero-order valence-corrected chi connectivity index (χ0v) is 14.4. The summed E-state index contributed by atoms with van der Waals surface area (Å²) in [7, 11) is 1.75. The fraction of sp³-hybridized carbons (Fsp3) is 0.211. The minimum absolute atomic E-state index is 0.0933. The number of carbonyl (C=O) groups is 1. The number of aromatic nitrogens is 2. The van der Waals surface area contributed by atoms with Crippen molar-refractivity contribution < 1.29 is 9.18 Å². The number of nitrogens with zero attached hydrogens (tertiary/aromatic N) is 3. The van der Waals surface area contributed by atoms with Crippen molar-refractivity contribution in [1.82, 2.24) is 9.97 Å². The quantitative estimate of drug-likeness (QED) is 0.791. The Kier molecular flexibility index (Phi) is 4.61. The summed E-state index contributed by atoms with van der Waals surface area (Å²) in [4.78, 5) is 22.3. The van der Waals surface area contributed by atoms with Gasteiger partial charge in [0.15, 0.2) is 0 Å². The van der Waals surface area contributed by atoms with E-state index in [4.69, 9.17) is 0 Å². The third-order valence-electron chi connectivity index (χ3n) is 4.22. The van der Waals surface area contributed by atoms with E-state index in [1.54, 1.807) is 24.1 Å². The van der Waals surface area contributed by atoms with E-state index in [9.17, 15) is 9.18 Å². The number of aryl methyl sites for hydroxylation is 1. The van der Waals surface area contributed by atoms with Gasteiger partial charge in [-0.2, -0.15) is 0 Å². The van der Waals surface area contributed by atoms with E-state index in [0.29, 0.717) is 11.2 Å². The number of halogens is 1. The van der Waals surface area contributed by atoms with Crippen LogP contribution in [0.15, 0.2) is 42.7 Å². The maximum absolute atomic E-state index is 13.9. The summed E-state index contributed by atoms with van der Waals surface area (Å²) in [6, 6.07) is 10.5. The second kappa shape index (κ2) is 6.84. The van der Waals surface area contributed by atoms with Crippen LogP contribution >= 0.6 is 0 Å². The summed E-state index contributed by atoms with van der Waals surface area (Å²) in [5.41, 5.74) is 3.18. The van der Waals surface area contributed by atoms with Gasteiger partial charge in [0.25, 0.3) is 0 Å². The lowest BCUT2D eigenvalue weighted by Crippen LogP contribution is -2.31.